The zero-order chi connectivity index (χ0) is 14.0. The fraction of sp³-hybridized carbons (Fsp3) is 0.385. The van der Waals surface area contributed by atoms with E-state index in [2.05, 4.69) is 5.32 Å². The van der Waals surface area contributed by atoms with E-state index in [4.69, 9.17) is 22.4 Å². The lowest BCUT2D eigenvalue weighted by Crippen LogP contribution is -2.34. The quantitative estimate of drug-likeness (QED) is 0.791. The Hall–Kier alpha value is -1.59. The molecule has 2 unspecified atom stereocenters. The number of carboxylic acid groups (broad SMARTS) is 1. The second-order valence-electron chi connectivity index (χ2n) is 4.69. The Kier molecular flexibility index (Phi) is 4.07. The summed E-state index contributed by atoms with van der Waals surface area (Å²) in [4.78, 5) is 23.2. The van der Waals surface area contributed by atoms with Crippen molar-refractivity contribution in [2.45, 2.75) is 25.3 Å². The lowest BCUT2D eigenvalue weighted by atomic mass is 10.0. The fourth-order valence-electron chi connectivity index (χ4n) is 2.34. The minimum atomic E-state index is -1.13. The van der Waals surface area contributed by atoms with Crippen molar-refractivity contribution in [2.75, 3.05) is 5.32 Å². The Morgan fingerprint density at radius 2 is 2.11 bits per heavy atom. The first kappa shape index (κ1) is 13.8. The first-order valence-corrected chi connectivity index (χ1v) is 6.46. The number of carbonyl (C=O) groups excluding carboxylic acids is 1. The lowest BCUT2D eigenvalue weighted by molar-refractivity contribution is -0.120. The van der Waals surface area contributed by atoms with Crippen molar-refractivity contribution in [1.29, 1.82) is 0 Å². The highest BCUT2D eigenvalue weighted by atomic mass is 35.5. The van der Waals surface area contributed by atoms with Gasteiger partial charge in [-0.3, -0.25) is 4.79 Å². The van der Waals surface area contributed by atoms with Crippen LogP contribution in [0.4, 0.5) is 5.69 Å². The van der Waals surface area contributed by atoms with Crippen molar-refractivity contribution < 1.29 is 14.7 Å². The minimum Gasteiger partial charge on any atom is -0.478 e. The van der Waals surface area contributed by atoms with Crippen LogP contribution in [-0.2, 0) is 4.79 Å². The van der Waals surface area contributed by atoms with Crippen molar-refractivity contribution in [3.63, 3.8) is 0 Å². The molecule has 19 heavy (non-hydrogen) atoms. The molecule has 0 aromatic heterocycles. The van der Waals surface area contributed by atoms with Crippen LogP contribution in [0.25, 0.3) is 0 Å². The van der Waals surface area contributed by atoms with Crippen LogP contribution in [0.1, 0.15) is 29.6 Å². The van der Waals surface area contributed by atoms with Gasteiger partial charge in [-0.05, 0) is 31.0 Å². The topological polar surface area (TPSA) is 92.4 Å². The smallest absolute Gasteiger partial charge is 0.337 e. The zero-order valence-corrected chi connectivity index (χ0v) is 11.0. The molecule has 102 valence electrons. The number of rotatable bonds is 3. The summed E-state index contributed by atoms with van der Waals surface area (Å²) in [5.74, 6) is -1.61. The van der Waals surface area contributed by atoms with Crippen molar-refractivity contribution in [1.82, 2.24) is 0 Å². The second-order valence-corrected chi connectivity index (χ2v) is 5.12. The Labute approximate surface area is 115 Å². The Bertz CT molecular complexity index is 519. The van der Waals surface area contributed by atoms with Gasteiger partial charge in [0.15, 0.2) is 0 Å². The molecule has 0 spiro atoms. The molecule has 0 heterocycles. The number of halogens is 1. The number of benzene rings is 1. The number of hydrogen-bond acceptors (Lipinski definition) is 3. The third-order valence-corrected chi connectivity index (χ3v) is 3.61. The minimum absolute atomic E-state index is 0.0209. The summed E-state index contributed by atoms with van der Waals surface area (Å²) < 4.78 is 0. The summed E-state index contributed by atoms with van der Waals surface area (Å²) in [5, 5.41) is 12.0. The van der Waals surface area contributed by atoms with Gasteiger partial charge in [-0.25, -0.2) is 4.79 Å². The molecule has 1 aliphatic carbocycles. The van der Waals surface area contributed by atoms with E-state index in [0.717, 1.165) is 19.3 Å². The Morgan fingerprint density at radius 3 is 2.68 bits per heavy atom. The van der Waals surface area contributed by atoms with E-state index >= 15 is 0 Å². The fourth-order valence-corrected chi connectivity index (χ4v) is 2.51. The van der Waals surface area contributed by atoms with E-state index in [1.165, 1.54) is 18.2 Å². The van der Waals surface area contributed by atoms with Crippen molar-refractivity contribution in [3.8, 4) is 0 Å². The van der Waals surface area contributed by atoms with Gasteiger partial charge in [0.05, 0.1) is 17.2 Å². The normalized spacial score (nSPS) is 22.2. The van der Waals surface area contributed by atoms with Gasteiger partial charge in [-0.15, -0.1) is 0 Å². The standard InChI is InChI=1S/C13H15ClN2O3/c14-7-4-5-11(9(6-7)13(18)19)16-12(17)8-2-1-3-10(8)15/h4-6,8,10H,1-3,15H2,(H,16,17)(H,18,19). The van der Waals surface area contributed by atoms with Crippen LogP contribution < -0.4 is 11.1 Å². The van der Waals surface area contributed by atoms with Crippen LogP contribution in [-0.4, -0.2) is 23.0 Å². The van der Waals surface area contributed by atoms with Crippen LogP contribution in [0.3, 0.4) is 0 Å². The molecule has 0 aliphatic heterocycles. The molecule has 1 aromatic carbocycles. The molecular formula is C13H15ClN2O3. The molecular weight excluding hydrogens is 268 g/mol. The first-order chi connectivity index (χ1) is 8.99. The van der Waals surface area contributed by atoms with Gasteiger partial charge in [0.25, 0.3) is 0 Å². The van der Waals surface area contributed by atoms with Crippen molar-refractivity contribution in [3.05, 3.63) is 28.8 Å². The number of amides is 1. The van der Waals surface area contributed by atoms with Gasteiger partial charge < -0.3 is 16.2 Å². The van der Waals surface area contributed by atoms with Crippen LogP contribution in [0.15, 0.2) is 18.2 Å². The molecule has 0 saturated heterocycles. The third-order valence-electron chi connectivity index (χ3n) is 3.38. The molecule has 1 aromatic rings. The summed E-state index contributed by atoms with van der Waals surface area (Å²) in [6.45, 7) is 0. The van der Waals surface area contributed by atoms with Crippen LogP contribution in [0, 0.1) is 5.92 Å². The van der Waals surface area contributed by atoms with E-state index in [9.17, 15) is 9.59 Å². The summed E-state index contributed by atoms with van der Waals surface area (Å²) in [7, 11) is 0. The average molecular weight is 283 g/mol. The summed E-state index contributed by atoms with van der Waals surface area (Å²) in [5.41, 5.74) is 6.09. The highest BCUT2D eigenvalue weighted by molar-refractivity contribution is 6.31. The number of carboxylic acids is 1. The van der Waals surface area contributed by atoms with Crippen LogP contribution >= 0.6 is 11.6 Å². The molecule has 1 aliphatic rings. The largest absolute Gasteiger partial charge is 0.478 e. The predicted molar refractivity (Wildman–Crippen MR) is 72.4 cm³/mol. The maximum absolute atomic E-state index is 12.1. The summed E-state index contributed by atoms with van der Waals surface area (Å²) in [6.07, 6.45) is 2.49. The molecule has 6 heteroatoms. The van der Waals surface area contributed by atoms with E-state index in [1.807, 2.05) is 0 Å². The Balaban J connectivity index is 2.19. The number of nitrogens with one attached hydrogen (secondary N) is 1. The molecule has 2 rings (SSSR count). The van der Waals surface area contributed by atoms with E-state index < -0.39 is 5.97 Å². The van der Waals surface area contributed by atoms with E-state index in [-0.39, 0.29) is 29.1 Å². The second kappa shape index (κ2) is 5.59. The molecule has 1 amide bonds. The highest BCUT2D eigenvalue weighted by Crippen LogP contribution is 2.27. The first-order valence-electron chi connectivity index (χ1n) is 6.08. The number of hydrogen-bond donors (Lipinski definition) is 3. The van der Waals surface area contributed by atoms with Gasteiger partial charge in [0.1, 0.15) is 0 Å². The number of aromatic carboxylic acids is 1. The summed E-state index contributed by atoms with van der Waals surface area (Å²) >= 11 is 5.75. The van der Waals surface area contributed by atoms with Crippen molar-refractivity contribution >= 4 is 29.2 Å². The van der Waals surface area contributed by atoms with Crippen LogP contribution in [0.5, 0.6) is 0 Å². The van der Waals surface area contributed by atoms with Gasteiger partial charge in [0, 0.05) is 11.1 Å². The molecule has 5 nitrogen and oxygen atoms in total. The Morgan fingerprint density at radius 1 is 1.37 bits per heavy atom. The van der Waals surface area contributed by atoms with Crippen LogP contribution in [0.2, 0.25) is 5.02 Å². The van der Waals surface area contributed by atoms with E-state index in [1.54, 1.807) is 0 Å². The molecule has 2 atom stereocenters. The van der Waals surface area contributed by atoms with Crippen molar-refractivity contribution in [2.24, 2.45) is 11.7 Å². The molecule has 4 N–H and O–H groups in total. The SMILES string of the molecule is NC1CCCC1C(=O)Nc1ccc(Cl)cc1C(=O)O. The van der Waals surface area contributed by atoms with Gasteiger partial charge >= 0.3 is 5.97 Å². The molecule has 1 saturated carbocycles. The lowest BCUT2D eigenvalue weighted by Gasteiger charge is -2.16. The molecule has 0 bridgehead atoms. The summed E-state index contributed by atoms with van der Waals surface area (Å²) in [6, 6.07) is 4.19. The monoisotopic (exact) mass is 282 g/mol. The van der Waals surface area contributed by atoms with E-state index in [0.29, 0.717) is 5.02 Å². The number of carbonyl (C=O) groups is 2. The van der Waals surface area contributed by atoms with Gasteiger partial charge in [0.2, 0.25) is 5.91 Å². The predicted octanol–water partition coefficient (Wildman–Crippen LogP) is 2.10. The van der Waals surface area contributed by atoms with Gasteiger partial charge in [-0.1, -0.05) is 18.0 Å². The maximum Gasteiger partial charge on any atom is 0.337 e. The maximum atomic E-state index is 12.1. The van der Waals surface area contributed by atoms with Gasteiger partial charge in [-0.2, -0.15) is 0 Å². The number of nitrogens with two attached hydrogens (primary N) is 1. The number of anilines is 1. The third kappa shape index (κ3) is 3.05. The molecule has 1 fully saturated rings. The highest BCUT2D eigenvalue weighted by Gasteiger charge is 2.30. The zero-order valence-electron chi connectivity index (χ0n) is 10.2. The average Bonchev–Trinajstić information content (AvgIpc) is 2.77. The molecule has 0 radical (unpaired) electrons.